The first-order valence-corrected chi connectivity index (χ1v) is 6.67. The number of rotatable bonds is 4. The molecular weight excluding hydrogens is 244 g/mol. The van der Waals surface area contributed by atoms with Crippen molar-refractivity contribution in [2.45, 2.75) is 20.4 Å². The van der Waals surface area contributed by atoms with E-state index in [1.54, 1.807) is 11.3 Å². The summed E-state index contributed by atoms with van der Waals surface area (Å²) in [6, 6.07) is 10.1. The second-order valence-corrected chi connectivity index (χ2v) is 5.18. The number of thiophene rings is 1. The van der Waals surface area contributed by atoms with Gasteiger partial charge in [-0.1, -0.05) is 12.1 Å². The number of aryl methyl sites for hydroxylation is 1. The number of benzene rings is 1. The van der Waals surface area contributed by atoms with Crippen molar-refractivity contribution in [3.05, 3.63) is 46.2 Å². The van der Waals surface area contributed by atoms with Gasteiger partial charge in [0.05, 0.1) is 0 Å². The molecule has 0 atom stereocenters. The molecule has 0 saturated carbocycles. The maximum atomic E-state index is 11.1. The molecule has 1 aromatic heterocycles. The molecule has 2 N–H and O–H groups in total. The summed E-state index contributed by atoms with van der Waals surface area (Å²) in [5, 5.41) is 8.24. The summed E-state index contributed by atoms with van der Waals surface area (Å²) >= 11 is 1.73. The molecule has 94 valence electrons. The number of hydrogen-bond acceptors (Lipinski definition) is 3. The highest BCUT2D eigenvalue weighted by atomic mass is 32.1. The fourth-order valence-electron chi connectivity index (χ4n) is 1.66. The van der Waals surface area contributed by atoms with Crippen LogP contribution >= 0.6 is 11.3 Å². The second-order valence-electron chi connectivity index (χ2n) is 4.14. The van der Waals surface area contributed by atoms with Gasteiger partial charge in [-0.15, -0.1) is 11.3 Å². The third kappa shape index (κ3) is 3.34. The fourth-order valence-corrected chi connectivity index (χ4v) is 2.30. The normalized spacial score (nSPS) is 10.1. The van der Waals surface area contributed by atoms with E-state index in [0.717, 1.165) is 23.5 Å². The molecule has 18 heavy (non-hydrogen) atoms. The van der Waals surface area contributed by atoms with Crippen LogP contribution < -0.4 is 10.6 Å². The Morgan fingerprint density at radius 2 is 2.17 bits per heavy atom. The zero-order valence-electron chi connectivity index (χ0n) is 10.5. The van der Waals surface area contributed by atoms with Crippen LogP contribution in [0.5, 0.6) is 0 Å². The van der Waals surface area contributed by atoms with E-state index in [0.29, 0.717) is 0 Å². The molecule has 0 saturated heterocycles. The SMILES string of the molecule is CC(=O)Nc1cc(NCc2cccs2)ccc1C. The number of anilines is 2. The molecule has 3 nitrogen and oxygen atoms in total. The molecular formula is C14H16N2OS. The van der Waals surface area contributed by atoms with Gasteiger partial charge >= 0.3 is 0 Å². The minimum Gasteiger partial charge on any atom is -0.380 e. The molecule has 1 aromatic carbocycles. The summed E-state index contributed by atoms with van der Waals surface area (Å²) in [6.45, 7) is 4.31. The van der Waals surface area contributed by atoms with Crippen molar-refractivity contribution in [3.63, 3.8) is 0 Å². The molecule has 2 rings (SSSR count). The number of hydrogen-bond donors (Lipinski definition) is 2. The lowest BCUT2D eigenvalue weighted by molar-refractivity contribution is -0.114. The van der Waals surface area contributed by atoms with E-state index < -0.39 is 0 Å². The predicted molar refractivity (Wildman–Crippen MR) is 77.1 cm³/mol. The maximum absolute atomic E-state index is 11.1. The van der Waals surface area contributed by atoms with E-state index in [1.807, 2.05) is 31.2 Å². The van der Waals surface area contributed by atoms with Gasteiger partial charge in [-0.2, -0.15) is 0 Å². The maximum Gasteiger partial charge on any atom is 0.221 e. The summed E-state index contributed by atoms with van der Waals surface area (Å²) < 4.78 is 0. The lowest BCUT2D eigenvalue weighted by Crippen LogP contribution is -2.07. The largest absolute Gasteiger partial charge is 0.380 e. The molecule has 0 spiro atoms. The van der Waals surface area contributed by atoms with Gasteiger partial charge in [0.2, 0.25) is 5.91 Å². The lowest BCUT2D eigenvalue weighted by atomic mass is 10.1. The van der Waals surface area contributed by atoms with Crippen molar-refractivity contribution in [2.24, 2.45) is 0 Å². The van der Waals surface area contributed by atoms with Crippen LogP contribution in [0.1, 0.15) is 17.4 Å². The van der Waals surface area contributed by atoms with Gasteiger partial charge in [0.25, 0.3) is 0 Å². The molecule has 0 fully saturated rings. The van der Waals surface area contributed by atoms with E-state index >= 15 is 0 Å². The number of amides is 1. The Labute approximate surface area is 111 Å². The molecule has 2 aromatic rings. The zero-order chi connectivity index (χ0) is 13.0. The smallest absolute Gasteiger partial charge is 0.221 e. The van der Waals surface area contributed by atoms with Crippen LogP contribution in [0.4, 0.5) is 11.4 Å². The average molecular weight is 260 g/mol. The summed E-state index contributed by atoms with van der Waals surface area (Å²) in [5.74, 6) is -0.0477. The highest BCUT2D eigenvalue weighted by molar-refractivity contribution is 7.09. The van der Waals surface area contributed by atoms with Gasteiger partial charge in [-0.05, 0) is 36.1 Å². The molecule has 1 amide bonds. The minimum absolute atomic E-state index is 0.0477. The van der Waals surface area contributed by atoms with Crippen LogP contribution in [-0.2, 0) is 11.3 Å². The van der Waals surface area contributed by atoms with E-state index in [2.05, 4.69) is 22.1 Å². The molecule has 4 heteroatoms. The lowest BCUT2D eigenvalue weighted by Gasteiger charge is -2.10. The van der Waals surface area contributed by atoms with Crippen molar-refractivity contribution in [1.29, 1.82) is 0 Å². The van der Waals surface area contributed by atoms with Gasteiger partial charge in [0.1, 0.15) is 0 Å². The van der Waals surface area contributed by atoms with Gasteiger partial charge in [0.15, 0.2) is 0 Å². The van der Waals surface area contributed by atoms with Gasteiger partial charge in [-0.25, -0.2) is 0 Å². The number of carbonyl (C=O) groups is 1. The number of nitrogens with one attached hydrogen (secondary N) is 2. The molecule has 0 aliphatic carbocycles. The van der Waals surface area contributed by atoms with Crippen molar-refractivity contribution in [3.8, 4) is 0 Å². The quantitative estimate of drug-likeness (QED) is 0.881. The van der Waals surface area contributed by atoms with Crippen LogP contribution in [0.2, 0.25) is 0 Å². The van der Waals surface area contributed by atoms with Crippen LogP contribution in [-0.4, -0.2) is 5.91 Å². The summed E-state index contributed by atoms with van der Waals surface area (Å²) in [5.41, 5.74) is 2.93. The Kier molecular flexibility index (Phi) is 3.99. The summed E-state index contributed by atoms with van der Waals surface area (Å²) in [6.07, 6.45) is 0. The van der Waals surface area contributed by atoms with Crippen LogP contribution in [0, 0.1) is 6.92 Å². The molecule has 0 radical (unpaired) electrons. The zero-order valence-corrected chi connectivity index (χ0v) is 11.3. The Hall–Kier alpha value is -1.81. The van der Waals surface area contributed by atoms with E-state index in [4.69, 9.17) is 0 Å². The van der Waals surface area contributed by atoms with E-state index in [9.17, 15) is 4.79 Å². The second kappa shape index (κ2) is 5.69. The first-order valence-electron chi connectivity index (χ1n) is 5.79. The first-order chi connectivity index (χ1) is 8.65. The third-order valence-corrected chi connectivity index (χ3v) is 3.47. The fraction of sp³-hybridized carbons (Fsp3) is 0.214. The van der Waals surface area contributed by atoms with E-state index in [1.165, 1.54) is 11.8 Å². The molecule has 0 unspecified atom stereocenters. The Morgan fingerprint density at radius 3 is 2.83 bits per heavy atom. The minimum atomic E-state index is -0.0477. The van der Waals surface area contributed by atoms with Crippen molar-refractivity contribution in [2.75, 3.05) is 10.6 Å². The average Bonchev–Trinajstić information content (AvgIpc) is 2.82. The van der Waals surface area contributed by atoms with Gasteiger partial charge < -0.3 is 10.6 Å². The van der Waals surface area contributed by atoms with Gasteiger partial charge in [-0.3, -0.25) is 4.79 Å². The molecule has 0 aliphatic rings. The Morgan fingerprint density at radius 1 is 1.33 bits per heavy atom. The van der Waals surface area contributed by atoms with Crippen molar-refractivity contribution >= 4 is 28.6 Å². The highest BCUT2D eigenvalue weighted by Crippen LogP contribution is 2.21. The highest BCUT2D eigenvalue weighted by Gasteiger charge is 2.02. The first kappa shape index (κ1) is 12.6. The van der Waals surface area contributed by atoms with Gasteiger partial charge in [0, 0.05) is 29.7 Å². The van der Waals surface area contributed by atoms with Crippen LogP contribution in [0.25, 0.3) is 0 Å². The van der Waals surface area contributed by atoms with Crippen LogP contribution in [0.3, 0.4) is 0 Å². The summed E-state index contributed by atoms with van der Waals surface area (Å²) in [7, 11) is 0. The molecule has 0 aliphatic heterocycles. The van der Waals surface area contributed by atoms with Crippen molar-refractivity contribution < 1.29 is 4.79 Å². The molecule has 1 heterocycles. The molecule has 0 bridgehead atoms. The van der Waals surface area contributed by atoms with E-state index in [-0.39, 0.29) is 5.91 Å². The number of carbonyl (C=O) groups excluding carboxylic acids is 1. The standard InChI is InChI=1S/C14H16N2OS/c1-10-5-6-12(8-14(10)16-11(2)17)15-9-13-4-3-7-18-13/h3-8,15H,9H2,1-2H3,(H,16,17). The summed E-state index contributed by atoms with van der Waals surface area (Å²) in [4.78, 5) is 12.4. The Bertz CT molecular complexity index is 535. The predicted octanol–water partition coefficient (Wildman–Crippen LogP) is 3.63. The van der Waals surface area contributed by atoms with Crippen LogP contribution in [0.15, 0.2) is 35.7 Å². The third-order valence-electron chi connectivity index (χ3n) is 2.60. The topological polar surface area (TPSA) is 41.1 Å². The Balaban J connectivity index is 2.06. The van der Waals surface area contributed by atoms with Crippen molar-refractivity contribution in [1.82, 2.24) is 0 Å². The monoisotopic (exact) mass is 260 g/mol.